The topological polar surface area (TPSA) is 49.9 Å². The molecule has 1 fully saturated rings. The van der Waals surface area contributed by atoms with Crippen LogP contribution in [-0.4, -0.2) is 54.0 Å². The van der Waals surface area contributed by atoms with Crippen LogP contribution in [0.1, 0.15) is 38.7 Å². The van der Waals surface area contributed by atoms with E-state index >= 15 is 0 Å². The zero-order valence-electron chi connectivity index (χ0n) is 15.0. The summed E-state index contributed by atoms with van der Waals surface area (Å²) in [6, 6.07) is 7.22. The lowest BCUT2D eigenvalue weighted by molar-refractivity contribution is -0.157. The molecule has 5 nitrogen and oxygen atoms in total. The number of hydrogen-bond acceptors (Lipinski definition) is 4. The fourth-order valence-corrected chi connectivity index (χ4v) is 3.34. The lowest BCUT2D eigenvalue weighted by Crippen LogP contribution is -2.51. The van der Waals surface area contributed by atoms with Gasteiger partial charge in [-0.25, -0.2) is 4.79 Å². The van der Waals surface area contributed by atoms with Crippen LogP contribution in [0.3, 0.4) is 0 Å². The van der Waals surface area contributed by atoms with Gasteiger partial charge in [0.1, 0.15) is 6.04 Å². The Kier molecular flexibility index (Phi) is 7.72. The Morgan fingerprint density at radius 2 is 2.04 bits per heavy atom. The summed E-state index contributed by atoms with van der Waals surface area (Å²) in [4.78, 5) is 28.7. The Morgan fingerprint density at radius 3 is 2.72 bits per heavy atom. The minimum atomic E-state index is -0.444. The molecule has 0 saturated carbocycles. The zero-order valence-corrected chi connectivity index (χ0v) is 15.8. The van der Waals surface area contributed by atoms with Crippen molar-refractivity contribution < 1.29 is 14.3 Å². The second kappa shape index (κ2) is 9.78. The Labute approximate surface area is 154 Å². The number of amides is 1. The Balaban J connectivity index is 2.02. The van der Waals surface area contributed by atoms with Crippen LogP contribution >= 0.6 is 11.6 Å². The number of nitrogens with zero attached hydrogens (tertiary/aromatic N) is 2. The van der Waals surface area contributed by atoms with Gasteiger partial charge < -0.3 is 9.64 Å². The molecule has 1 aliphatic rings. The van der Waals surface area contributed by atoms with Crippen molar-refractivity contribution in [2.45, 2.75) is 45.7 Å². The molecule has 1 saturated heterocycles. The van der Waals surface area contributed by atoms with Crippen molar-refractivity contribution in [2.75, 3.05) is 26.2 Å². The smallest absolute Gasteiger partial charge is 0.328 e. The number of benzene rings is 1. The zero-order chi connectivity index (χ0) is 18.2. The third-order valence-corrected chi connectivity index (χ3v) is 4.91. The van der Waals surface area contributed by atoms with Crippen LogP contribution in [0, 0.1) is 0 Å². The minimum Gasteiger partial charge on any atom is -0.464 e. The van der Waals surface area contributed by atoms with Crippen molar-refractivity contribution in [1.29, 1.82) is 0 Å². The van der Waals surface area contributed by atoms with E-state index in [2.05, 4.69) is 0 Å². The van der Waals surface area contributed by atoms with E-state index in [-0.39, 0.29) is 18.4 Å². The molecule has 0 radical (unpaired) electrons. The first-order valence-electron chi connectivity index (χ1n) is 8.98. The fraction of sp³-hybridized carbons (Fsp3) is 0.579. The lowest BCUT2D eigenvalue weighted by atomic mass is 10.0. The first-order valence-corrected chi connectivity index (χ1v) is 9.36. The molecule has 1 amide bonds. The SMILES string of the molecule is CCOC(=O)C1CCCCN1C(=O)CN(CC)Cc1ccccc1Cl. The summed E-state index contributed by atoms with van der Waals surface area (Å²) in [5.74, 6) is -0.309. The number of esters is 1. The summed E-state index contributed by atoms with van der Waals surface area (Å²) >= 11 is 6.23. The molecule has 1 atom stereocenters. The third-order valence-electron chi connectivity index (χ3n) is 4.54. The number of piperidine rings is 1. The Bertz CT molecular complexity index is 594. The molecule has 2 rings (SSSR count). The van der Waals surface area contributed by atoms with E-state index in [1.807, 2.05) is 36.1 Å². The molecular weight excluding hydrogens is 340 g/mol. The van der Waals surface area contributed by atoms with E-state index in [9.17, 15) is 9.59 Å². The van der Waals surface area contributed by atoms with E-state index < -0.39 is 6.04 Å². The maximum absolute atomic E-state index is 12.8. The number of carbonyl (C=O) groups excluding carboxylic acids is 2. The first kappa shape index (κ1) is 19.7. The van der Waals surface area contributed by atoms with Gasteiger partial charge in [0.2, 0.25) is 5.91 Å². The maximum Gasteiger partial charge on any atom is 0.328 e. The number of likely N-dealkylation sites (tertiary alicyclic amines) is 1. The van der Waals surface area contributed by atoms with Gasteiger partial charge in [-0.05, 0) is 44.4 Å². The largest absolute Gasteiger partial charge is 0.464 e. The molecule has 0 aliphatic carbocycles. The molecule has 0 spiro atoms. The lowest BCUT2D eigenvalue weighted by Gasteiger charge is -2.35. The van der Waals surface area contributed by atoms with Gasteiger partial charge in [0.15, 0.2) is 0 Å². The molecule has 0 bridgehead atoms. The van der Waals surface area contributed by atoms with E-state index in [1.54, 1.807) is 11.8 Å². The molecule has 1 aliphatic heterocycles. The van der Waals surface area contributed by atoms with Crippen LogP contribution in [0.2, 0.25) is 5.02 Å². The molecule has 138 valence electrons. The molecule has 0 N–H and O–H groups in total. The molecule has 1 heterocycles. The molecule has 25 heavy (non-hydrogen) atoms. The fourth-order valence-electron chi connectivity index (χ4n) is 3.14. The van der Waals surface area contributed by atoms with Crippen molar-refractivity contribution in [1.82, 2.24) is 9.80 Å². The number of likely N-dealkylation sites (N-methyl/N-ethyl adjacent to an activating group) is 1. The van der Waals surface area contributed by atoms with Crippen LogP contribution in [-0.2, 0) is 20.9 Å². The van der Waals surface area contributed by atoms with Gasteiger partial charge in [-0.2, -0.15) is 0 Å². The molecule has 1 aromatic rings. The highest BCUT2D eigenvalue weighted by molar-refractivity contribution is 6.31. The molecule has 1 aromatic carbocycles. The second-order valence-corrected chi connectivity index (χ2v) is 6.65. The van der Waals surface area contributed by atoms with Crippen molar-refractivity contribution in [2.24, 2.45) is 0 Å². The van der Waals surface area contributed by atoms with Crippen LogP contribution in [0.15, 0.2) is 24.3 Å². The number of hydrogen-bond donors (Lipinski definition) is 0. The highest BCUT2D eigenvalue weighted by Crippen LogP contribution is 2.20. The predicted molar refractivity (Wildman–Crippen MR) is 98.4 cm³/mol. The van der Waals surface area contributed by atoms with Gasteiger partial charge in [-0.3, -0.25) is 9.69 Å². The number of halogens is 1. The van der Waals surface area contributed by atoms with Crippen molar-refractivity contribution in [3.05, 3.63) is 34.9 Å². The molecular formula is C19H27ClN2O3. The molecule has 0 aromatic heterocycles. The van der Waals surface area contributed by atoms with Crippen molar-refractivity contribution in [3.8, 4) is 0 Å². The summed E-state index contributed by atoms with van der Waals surface area (Å²) in [7, 11) is 0. The van der Waals surface area contributed by atoms with Gasteiger partial charge in [-0.15, -0.1) is 0 Å². The number of ether oxygens (including phenoxy) is 1. The van der Waals surface area contributed by atoms with Crippen LogP contribution < -0.4 is 0 Å². The Morgan fingerprint density at radius 1 is 1.28 bits per heavy atom. The number of rotatable bonds is 7. The summed E-state index contributed by atoms with van der Waals surface area (Å²) in [5.41, 5.74) is 0.999. The van der Waals surface area contributed by atoms with Gasteiger partial charge in [0, 0.05) is 18.1 Å². The van der Waals surface area contributed by atoms with E-state index in [0.29, 0.717) is 31.1 Å². The monoisotopic (exact) mass is 366 g/mol. The average Bonchev–Trinajstić information content (AvgIpc) is 2.63. The second-order valence-electron chi connectivity index (χ2n) is 6.25. The quantitative estimate of drug-likeness (QED) is 0.696. The predicted octanol–water partition coefficient (Wildman–Crippen LogP) is 3.11. The summed E-state index contributed by atoms with van der Waals surface area (Å²) in [6.07, 6.45) is 2.56. The third kappa shape index (κ3) is 5.44. The molecule has 6 heteroatoms. The van der Waals surface area contributed by atoms with Gasteiger partial charge in [-0.1, -0.05) is 36.7 Å². The standard InChI is InChI=1S/C19H27ClN2O3/c1-3-21(13-15-9-5-6-10-16(15)20)14-18(23)22-12-8-7-11-17(22)19(24)25-4-2/h5-6,9-10,17H,3-4,7-8,11-14H2,1-2H3. The number of carbonyl (C=O) groups is 2. The normalized spacial score (nSPS) is 17.6. The van der Waals surface area contributed by atoms with Crippen molar-refractivity contribution in [3.63, 3.8) is 0 Å². The summed E-state index contributed by atoms with van der Waals surface area (Å²) in [6.45, 7) is 6.38. The molecule has 1 unspecified atom stereocenters. The van der Waals surface area contributed by atoms with Gasteiger partial charge in [0.05, 0.1) is 13.2 Å². The highest BCUT2D eigenvalue weighted by atomic mass is 35.5. The van der Waals surface area contributed by atoms with Crippen molar-refractivity contribution >= 4 is 23.5 Å². The van der Waals surface area contributed by atoms with Crippen LogP contribution in [0.4, 0.5) is 0 Å². The summed E-state index contributed by atoms with van der Waals surface area (Å²) < 4.78 is 5.14. The minimum absolute atomic E-state index is 0.0216. The van der Waals surface area contributed by atoms with E-state index in [1.165, 1.54) is 0 Å². The Hall–Kier alpha value is -1.59. The van der Waals surface area contributed by atoms with Crippen LogP contribution in [0.25, 0.3) is 0 Å². The van der Waals surface area contributed by atoms with E-state index in [4.69, 9.17) is 16.3 Å². The summed E-state index contributed by atoms with van der Waals surface area (Å²) in [5, 5.41) is 0.704. The highest BCUT2D eigenvalue weighted by Gasteiger charge is 2.33. The van der Waals surface area contributed by atoms with E-state index in [0.717, 1.165) is 24.9 Å². The average molecular weight is 367 g/mol. The maximum atomic E-state index is 12.8. The van der Waals surface area contributed by atoms with Gasteiger partial charge in [0.25, 0.3) is 0 Å². The van der Waals surface area contributed by atoms with Crippen LogP contribution in [0.5, 0.6) is 0 Å². The first-order chi connectivity index (χ1) is 12.1. The van der Waals surface area contributed by atoms with Gasteiger partial charge >= 0.3 is 5.97 Å².